The van der Waals surface area contributed by atoms with Gasteiger partial charge in [0.25, 0.3) is 0 Å². The molecule has 216 valence electrons. The first-order valence-corrected chi connectivity index (χ1v) is 33.0. The summed E-state index contributed by atoms with van der Waals surface area (Å²) >= 11 is -2.25. The molecule has 2 unspecified atom stereocenters. The van der Waals surface area contributed by atoms with Crippen molar-refractivity contribution in [2.75, 3.05) is 0 Å². The molecule has 0 fully saturated rings. The van der Waals surface area contributed by atoms with Crippen LogP contribution < -0.4 is 0 Å². The Morgan fingerprint density at radius 3 is 1.40 bits per heavy atom. The van der Waals surface area contributed by atoms with E-state index in [1.165, 1.54) is 56.7 Å². The van der Waals surface area contributed by atoms with Gasteiger partial charge in [0.05, 0.1) is 0 Å². The zero-order chi connectivity index (χ0) is 28.2. The number of hydrogen-bond donors (Lipinski definition) is 0. The van der Waals surface area contributed by atoms with Gasteiger partial charge in [0, 0.05) is 0 Å². The Kier molecular flexibility index (Phi) is 9.06. The van der Waals surface area contributed by atoms with Crippen LogP contribution in [0, 0.1) is 0 Å². The fourth-order valence-corrected chi connectivity index (χ4v) is 34.3. The summed E-state index contributed by atoms with van der Waals surface area (Å²) in [6, 6.07) is 47.2. The van der Waals surface area contributed by atoms with Crippen LogP contribution in [-0.4, -0.2) is 12.1 Å². The number of fused-ring (bicyclic) bond motifs is 2. The van der Waals surface area contributed by atoms with Crippen LogP contribution in [0.4, 0.5) is 0 Å². The van der Waals surface area contributed by atoms with Crippen LogP contribution in [0.2, 0.25) is 9.26 Å². The van der Waals surface area contributed by atoms with E-state index in [0.717, 1.165) is 0 Å². The van der Waals surface area contributed by atoms with E-state index in [0.29, 0.717) is 7.25 Å². The van der Waals surface area contributed by atoms with Crippen molar-refractivity contribution in [2.24, 2.45) is 0 Å². The van der Waals surface area contributed by atoms with Crippen molar-refractivity contribution >= 4 is 54.7 Å². The molecule has 0 saturated heterocycles. The Balaban J connectivity index is 0.00000184. The maximum atomic E-state index is 2.78. The minimum absolute atomic E-state index is 0. The van der Waals surface area contributed by atoms with Gasteiger partial charge in [0.2, 0.25) is 0 Å². The topological polar surface area (TPSA) is 0 Å². The molecule has 43 heavy (non-hydrogen) atoms. The van der Waals surface area contributed by atoms with Crippen LogP contribution in [0.1, 0.15) is 42.0 Å². The van der Waals surface area contributed by atoms with Crippen LogP contribution in [0.15, 0.2) is 133 Å². The Morgan fingerprint density at radius 2 is 0.907 bits per heavy atom. The fraction of sp³-hybridized carbons (Fsp3) is 0.128. The molecule has 5 aromatic carbocycles. The van der Waals surface area contributed by atoms with Crippen molar-refractivity contribution in [2.45, 2.75) is 23.4 Å². The Hall–Kier alpha value is -2.41. The van der Waals surface area contributed by atoms with Gasteiger partial charge in [-0.25, -0.2) is 0 Å². The molecule has 0 amide bonds. The second kappa shape index (κ2) is 12.2. The average molecular weight is 741 g/mol. The first-order chi connectivity index (χ1) is 19.8. The molecule has 0 heterocycles. The predicted molar refractivity (Wildman–Crippen MR) is 192 cm³/mol. The summed E-state index contributed by atoms with van der Waals surface area (Å²) in [7, 11) is 0. The molecule has 0 spiro atoms. The third-order valence-electron chi connectivity index (χ3n) is 9.51. The summed E-state index contributed by atoms with van der Waals surface area (Å²) in [5, 5.41) is 0. The Morgan fingerprint density at radius 1 is 0.488 bits per heavy atom. The first kappa shape index (κ1) is 32.0. The SMILES string of the molecule is CC1=Cc2c(-c3ccccc3)cccc2[CH]1[Zr]([CH3])([CH3])(=[GeH2])[CH]1C(c2ccccc2)=Cc2c(-c3ccccc3)cccc21.Cl.Cl. The van der Waals surface area contributed by atoms with E-state index in [1.54, 1.807) is 16.7 Å². The Labute approximate surface area is 274 Å². The summed E-state index contributed by atoms with van der Waals surface area (Å²) < 4.78 is 6.55. The summed E-state index contributed by atoms with van der Waals surface area (Å²) in [6.45, 7) is 2.41. The van der Waals surface area contributed by atoms with Crippen LogP contribution in [0.5, 0.6) is 0 Å². The number of halogens is 2. The molecule has 0 saturated carbocycles. The van der Waals surface area contributed by atoms with E-state index >= 15 is 0 Å². The normalized spacial score (nSPS) is 17.1. The summed E-state index contributed by atoms with van der Waals surface area (Å²) in [6.07, 6.45) is 5.09. The molecule has 0 N–H and O–H groups in total. The molecule has 0 aliphatic heterocycles. The average Bonchev–Trinajstić information content (AvgIpc) is 3.57. The van der Waals surface area contributed by atoms with Crippen LogP contribution in [0.25, 0.3) is 40.0 Å². The molecule has 4 heteroatoms. The van der Waals surface area contributed by atoms with Gasteiger partial charge in [-0.3, -0.25) is 0 Å². The Bertz CT molecular complexity index is 1920. The maximum absolute atomic E-state index is 3.62. The van der Waals surface area contributed by atoms with Crippen molar-refractivity contribution < 1.29 is 15.7 Å². The number of hydrogen-bond acceptors (Lipinski definition) is 0. The van der Waals surface area contributed by atoms with Gasteiger partial charge in [-0.15, -0.1) is 24.8 Å². The van der Waals surface area contributed by atoms with Gasteiger partial charge in [-0.2, -0.15) is 0 Å². The van der Waals surface area contributed by atoms with E-state index < -0.39 is 15.7 Å². The van der Waals surface area contributed by atoms with E-state index in [4.69, 9.17) is 0 Å². The van der Waals surface area contributed by atoms with Crippen LogP contribution in [-0.2, 0) is 15.7 Å². The molecule has 0 aromatic heterocycles. The van der Waals surface area contributed by atoms with Gasteiger partial charge in [-0.05, 0) is 0 Å². The smallest absolute Gasteiger partial charge is 0.147 e. The quantitative estimate of drug-likeness (QED) is 0.157. The summed E-state index contributed by atoms with van der Waals surface area (Å²) in [5.74, 6) is 0. The number of rotatable bonds is 5. The minimum Gasteiger partial charge on any atom is -0.147 e. The van der Waals surface area contributed by atoms with E-state index in [1.807, 2.05) is 0 Å². The molecule has 2 aliphatic carbocycles. The molecule has 7 rings (SSSR count). The molecule has 2 aliphatic rings. The molecule has 0 bridgehead atoms. The first-order valence-electron chi connectivity index (χ1n) is 14.7. The molecule has 5 aromatic rings. The van der Waals surface area contributed by atoms with Gasteiger partial charge < -0.3 is 0 Å². The third-order valence-corrected chi connectivity index (χ3v) is 32.4. The van der Waals surface area contributed by atoms with Crippen molar-refractivity contribution in [1.29, 1.82) is 0 Å². The van der Waals surface area contributed by atoms with Crippen LogP contribution >= 0.6 is 24.8 Å². The van der Waals surface area contributed by atoms with E-state index in [9.17, 15) is 0 Å². The van der Waals surface area contributed by atoms with Crippen LogP contribution in [0.3, 0.4) is 0 Å². The summed E-state index contributed by atoms with van der Waals surface area (Å²) in [4.78, 5) is 0. The van der Waals surface area contributed by atoms with Crippen molar-refractivity contribution in [1.82, 2.24) is 0 Å². The molecular weight excluding hydrogens is 703 g/mol. The second-order valence-corrected chi connectivity index (χ2v) is 58.0. The van der Waals surface area contributed by atoms with Gasteiger partial charge >= 0.3 is 252 Å². The second-order valence-electron chi connectivity index (χ2n) is 13.0. The van der Waals surface area contributed by atoms with Crippen molar-refractivity contribution in [3.63, 3.8) is 0 Å². The van der Waals surface area contributed by atoms with E-state index in [2.05, 4.69) is 156 Å². The largest absolute Gasteiger partial charge is 0.147 e. The minimum atomic E-state index is -3.62. The van der Waals surface area contributed by atoms with Crippen molar-refractivity contribution in [3.05, 3.63) is 161 Å². The zero-order valence-corrected chi connectivity index (χ0v) is 32.0. The van der Waals surface area contributed by atoms with Gasteiger partial charge in [-0.1, -0.05) is 0 Å². The number of benzene rings is 5. The third kappa shape index (κ3) is 5.42. The van der Waals surface area contributed by atoms with Gasteiger partial charge in [0.1, 0.15) is 0 Å². The van der Waals surface area contributed by atoms with Gasteiger partial charge in [0.15, 0.2) is 0 Å². The standard InChI is InChI=1S/C21H15.C16H13.2CH3.2ClH.GeH2.Zr/c1-3-8-16(9-4-1)19-14-18-12-7-13-20(21(18)15-19)17-10-5-2-6-11-17;1-12-10-14-8-5-9-15(16(14)11-12)13-6-3-2-4-7-13;;;;;;/h1-15H;2-11H,1H3;2*1H3;2*1H;1H2;. The van der Waals surface area contributed by atoms with Crippen molar-refractivity contribution in [3.8, 4) is 22.3 Å². The van der Waals surface area contributed by atoms with E-state index in [-0.39, 0.29) is 24.8 Å². The monoisotopic (exact) mass is 740 g/mol. The maximum Gasteiger partial charge on any atom is -0.147 e. The predicted octanol–water partition coefficient (Wildman–Crippen LogP) is 11.0. The molecular formula is C39H38Cl2GeZr. The molecule has 2 atom stereocenters. The summed E-state index contributed by atoms with van der Waals surface area (Å²) in [5.41, 5.74) is 15.8. The zero-order valence-electron chi connectivity index (χ0n) is 25.0. The number of allylic oxidation sites excluding steroid dienone is 2. The molecule has 0 nitrogen and oxygen atoms in total. The fourth-order valence-electron chi connectivity index (χ4n) is 8.02. The molecule has 0 radical (unpaired) electrons.